The topological polar surface area (TPSA) is 43.6 Å². The van der Waals surface area contributed by atoms with Crippen LogP contribution in [0.15, 0.2) is 291 Å². The fourth-order valence-corrected chi connectivity index (χ4v) is 22.4. The van der Waals surface area contributed by atoms with E-state index < -0.39 is 16.1 Å². The Hall–Kier alpha value is -9.34. The number of aromatic nitrogens is 4. The van der Waals surface area contributed by atoms with Crippen LogP contribution in [0.5, 0.6) is 0 Å². The molecule has 0 bridgehead atoms. The third kappa shape index (κ3) is 9.48. The average molecular weight is 1100 g/mol. The van der Waals surface area contributed by atoms with Gasteiger partial charge in [-0.2, -0.15) is 0 Å². The maximum atomic E-state index is 5.61. The zero-order chi connectivity index (χ0) is 56.8. The molecule has 0 N–H and O–H groups in total. The SMILES string of the molecule is CC(C)(C)c1cc(C(C)(C)C)c2c(c1)c1ccccc1n2-c1cccc(-c2nc(-c3cccc([Si](c4ccccc4)(c4ccccc4)c4ccccc4)c3)nc(-c3cccc([Si](c4ccccc4)(c4ccccc4)c4ccccc4)c3)n2)c1. The van der Waals surface area contributed by atoms with Gasteiger partial charge < -0.3 is 4.57 Å². The van der Waals surface area contributed by atoms with Crippen LogP contribution in [-0.2, 0) is 10.8 Å². The largest absolute Gasteiger partial charge is 0.309 e. The van der Waals surface area contributed by atoms with Crippen LogP contribution in [0.2, 0.25) is 0 Å². The number of para-hydroxylation sites is 1. The minimum atomic E-state index is -2.93. The number of benzene rings is 11. The molecule has 11 aromatic carbocycles. The molecule has 2 heterocycles. The second-order valence-corrected chi connectivity index (χ2v) is 31.6. The molecule has 0 radical (unpaired) electrons. The van der Waals surface area contributed by atoms with E-state index in [0.29, 0.717) is 17.5 Å². The van der Waals surface area contributed by atoms with Crippen molar-refractivity contribution in [2.75, 3.05) is 0 Å². The lowest BCUT2D eigenvalue weighted by molar-refractivity contribution is 0.572. The van der Waals surface area contributed by atoms with Gasteiger partial charge in [-0.15, -0.1) is 0 Å². The lowest BCUT2D eigenvalue weighted by atomic mass is 9.79. The molecule has 0 atom stereocenters. The Labute approximate surface area is 490 Å². The summed E-state index contributed by atoms with van der Waals surface area (Å²) in [5.74, 6) is 1.82. The maximum absolute atomic E-state index is 5.61. The standard InChI is InChI=1S/C77H66N4Si2/c1-76(2,3)58-53-69-68-48-25-26-49-71(68)81(72(69)70(54-58)77(4,5)6)59-33-27-30-55(50-59)73-78-74(56-31-28-46-66(51-56)82(60-34-13-7-14-35-60,61-36-15-8-16-37-61)62-38-17-9-18-39-62)80-75(79-73)57-32-29-47-67(52-57)83(63-40-19-10-20-41-63,64-42-21-11-22-43-64)65-44-23-12-24-45-65/h7-54H,1-6H3. The van der Waals surface area contributed by atoms with Gasteiger partial charge >= 0.3 is 0 Å². The molecule has 13 rings (SSSR count). The van der Waals surface area contributed by atoms with E-state index in [2.05, 4.69) is 337 Å². The van der Waals surface area contributed by atoms with Gasteiger partial charge in [0.25, 0.3) is 0 Å². The first-order valence-corrected chi connectivity index (χ1v) is 32.9. The Morgan fingerprint density at radius 3 is 1.00 bits per heavy atom. The Kier molecular flexibility index (Phi) is 13.7. The Morgan fingerprint density at radius 2 is 0.627 bits per heavy atom. The van der Waals surface area contributed by atoms with E-state index in [0.717, 1.165) is 27.9 Å². The first-order chi connectivity index (χ1) is 40.4. The van der Waals surface area contributed by atoms with Gasteiger partial charge in [0.15, 0.2) is 33.6 Å². The summed E-state index contributed by atoms with van der Waals surface area (Å²) >= 11 is 0. The third-order valence-electron chi connectivity index (χ3n) is 16.8. The molecule has 0 saturated heterocycles. The molecule has 0 aliphatic carbocycles. The summed E-state index contributed by atoms with van der Waals surface area (Å²) in [6, 6.07) is 107. The van der Waals surface area contributed by atoms with Crippen molar-refractivity contribution in [1.29, 1.82) is 0 Å². The predicted octanol–water partition coefficient (Wildman–Crippen LogP) is 13.3. The summed E-state index contributed by atoms with van der Waals surface area (Å²) in [5.41, 5.74) is 8.64. The van der Waals surface area contributed by atoms with E-state index >= 15 is 0 Å². The molecule has 0 aliphatic heterocycles. The molecule has 13 aromatic rings. The van der Waals surface area contributed by atoms with Gasteiger partial charge in [-0.1, -0.05) is 308 Å². The van der Waals surface area contributed by atoms with Crippen molar-refractivity contribution < 1.29 is 0 Å². The van der Waals surface area contributed by atoms with Crippen LogP contribution in [0.3, 0.4) is 0 Å². The highest BCUT2D eigenvalue weighted by Gasteiger charge is 2.43. The summed E-state index contributed by atoms with van der Waals surface area (Å²) in [7, 11) is -5.86. The Morgan fingerprint density at radius 1 is 0.289 bits per heavy atom. The van der Waals surface area contributed by atoms with E-state index in [4.69, 9.17) is 15.0 Å². The summed E-state index contributed by atoms with van der Waals surface area (Å²) in [4.78, 5) is 16.8. The van der Waals surface area contributed by atoms with Gasteiger partial charge in [0, 0.05) is 33.2 Å². The lowest BCUT2D eigenvalue weighted by Crippen LogP contribution is -2.74. The van der Waals surface area contributed by atoms with Crippen LogP contribution in [0, 0.1) is 0 Å². The molecule has 0 aliphatic rings. The molecule has 0 amide bonds. The van der Waals surface area contributed by atoms with E-state index in [-0.39, 0.29) is 10.8 Å². The highest BCUT2D eigenvalue weighted by Crippen LogP contribution is 2.42. The van der Waals surface area contributed by atoms with E-state index in [9.17, 15) is 0 Å². The molecule has 402 valence electrons. The second kappa shape index (κ2) is 21.5. The predicted molar refractivity (Wildman–Crippen MR) is 355 cm³/mol. The number of hydrogen-bond donors (Lipinski definition) is 0. The quantitative estimate of drug-likeness (QED) is 0.0904. The Balaban J connectivity index is 1.06. The van der Waals surface area contributed by atoms with Gasteiger partial charge in [0.05, 0.1) is 11.0 Å². The lowest BCUT2D eigenvalue weighted by Gasteiger charge is -2.34. The van der Waals surface area contributed by atoms with Crippen molar-refractivity contribution in [2.24, 2.45) is 0 Å². The maximum Gasteiger partial charge on any atom is 0.179 e. The first-order valence-electron chi connectivity index (χ1n) is 28.9. The molecule has 0 saturated carbocycles. The Bertz CT molecular complexity index is 4050. The number of fused-ring (bicyclic) bond motifs is 3. The van der Waals surface area contributed by atoms with Crippen molar-refractivity contribution in [1.82, 2.24) is 19.5 Å². The van der Waals surface area contributed by atoms with Gasteiger partial charge in [-0.3, -0.25) is 0 Å². The van der Waals surface area contributed by atoms with Crippen molar-refractivity contribution in [3.8, 4) is 39.9 Å². The van der Waals surface area contributed by atoms with Crippen molar-refractivity contribution in [2.45, 2.75) is 52.4 Å². The molecule has 0 unspecified atom stereocenters. The van der Waals surface area contributed by atoms with Crippen LogP contribution in [0.4, 0.5) is 0 Å². The summed E-state index contributed by atoms with van der Waals surface area (Å²) in [6.07, 6.45) is 0. The zero-order valence-corrected chi connectivity index (χ0v) is 50.0. The van der Waals surface area contributed by atoms with Crippen LogP contribution >= 0.6 is 0 Å². The van der Waals surface area contributed by atoms with Gasteiger partial charge in [0.1, 0.15) is 0 Å². The highest BCUT2D eigenvalue weighted by atomic mass is 28.3. The van der Waals surface area contributed by atoms with E-state index in [1.807, 2.05) is 0 Å². The molecule has 4 nitrogen and oxygen atoms in total. The normalized spacial score (nSPS) is 12.2. The number of rotatable bonds is 12. The van der Waals surface area contributed by atoms with Crippen molar-refractivity contribution in [3.63, 3.8) is 0 Å². The minimum absolute atomic E-state index is 0.0346. The average Bonchev–Trinajstić information content (AvgIpc) is 3.42. The third-order valence-corrected chi connectivity index (χ3v) is 26.3. The molecule has 6 heteroatoms. The van der Waals surface area contributed by atoms with Crippen LogP contribution in [-0.4, -0.2) is 35.7 Å². The number of hydrogen-bond acceptors (Lipinski definition) is 3. The fourth-order valence-electron chi connectivity index (χ4n) is 12.8. The van der Waals surface area contributed by atoms with E-state index in [1.54, 1.807) is 0 Å². The van der Waals surface area contributed by atoms with Gasteiger partial charge in [0.2, 0.25) is 0 Å². The molecular weight excluding hydrogens is 1040 g/mol. The zero-order valence-electron chi connectivity index (χ0n) is 48.0. The highest BCUT2D eigenvalue weighted by molar-refractivity contribution is 7.20. The number of nitrogens with zero attached hydrogens (tertiary/aromatic N) is 4. The molecule has 83 heavy (non-hydrogen) atoms. The summed E-state index contributed by atoms with van der Waals surface area (Å²) < 4.78 is 2.47. The second-order valence-electron chi connectivity index (χ2n) is 24.0. The fraction of sp³-hybridized carbons (Fsp3) is 0.104. The molecule has 2 aromatic heterocycles. The van der Waals surface area contributed by atoms with Crippen molar-refractivity contribution >= 4 is 79.4 Å². The molecular formula is C77H66N4Si2. The van der Waals surface area contributed by atoms with Crippen LogP contribution in [0.25, 0.3) is 61.7 Å². The van der Waals surface area contributed by atoms with E-state index in [1.165, 1.54) is 68.9 Å². The van der Waals surface area contributed by atoms with Gasteiger partial charge in [-0.05, 0) is 87.7 Å². The first kappa shape index (κ1) is 53.0. The minimum Gasteiger partial charge on any atom is -0.309 e. The van der Waals surface area contributed by atoms with Crippen LogP contribution < -0.4 is 41.5 Å². The molecule has 0 spiro atoms. The molecule has 0 fully saturated rings. The van der Waals surface area contributed by atoms with Gasteiger partial charge in [-0.25, -0.2) is 15.0 Å². The summed E-state index contributed by atoms with van der Waals surface area (Å²) in [6.45, 7) is 14.0. The monoisotopic (exact) mass is 1100 g/mol. The summed E-state index contributed by atoms with van der Waals surface area (Å²) in [5, 5.41) is 12.8. The van der Waals surface area contributed by atoms with Crippen molar-refractivity contribution in [3.05, 3.63) is 302 Å². The smallest absolute Gasteiger partial charge is 0.179 e. The van der Waals surface area contributed by atoms with Crippen LogP contribution in [0.1, 0.15) is 52.7 Å².